The predicted molar refractivity (Wildman–Crippen MR) is 119 cm³/mol. The number of nitrogens with one attached hydrogen (secondary N) is 2. The van der Waals surface area contributed by atoms with Gasteiger partial charge in [0.2, 0.25) is 17.7 Å². The number of rotatable bonds is 4. The minimum Gasteiger partial charge on any atom is -0.497 e. The molecule has 3 aliphatic heterocycles. The monoisotopic (exact) mass is 433 g/mol. The van der Waals surface area contributed by atoms with Gasteiger partial charge < -0.3 is 10.1 Å². The summed E-state index contributed by atoms with van der Waals surface area (Å²) in [6, 6.07) is 12.7. The Labute approximate surface area is 187 Å². The zero-order valence-corrected chi connectivity index (χ0v) is 18.6. The maximum Gasteiger partial charge on any atom is 0.250 e. The van der Waals surface area contributed by atoms with E-state index in [1.165, 1.54) is 4.90 Å². The van der Waals surface area contributed by atoms with E-state index < -0.39 is 17.4 Å². The Morgan fingerprint density at radius 1 is 1.06 bits per heavy atom. The lowest BCUT2D eigenvalue weighted by molar-refractivity contribution is -0.143. The first kappa shape index (κ1) is 20.7. The molecule has 0 bridgehead atoms. The van der Waals surface area contributed by atoms with Crippen LogP contribution in [-0.4, -0.2) is 35.8 Å². The highest BCUT2D eigenvalue weighted by molar-refractivity contribution is 6.15. The highest BCUT2D eigenvalue weighted by atomic mass is 16.5. The molecule has 0 aliphatic carbocycles. The van der Waals surface area contributed by atoms with E-state index in [4.69, 9.17) is 4.74 Å². The van der Waals surface area contributed by atoms with Crippen LogP contribution in [0.5, 0.6) is 5.75 Å². The average molecular weight is 434 g/mol. The van der Waals surface area contributed by atoms with Crippen LogP contribution in [0.2, 0.25) is 0 Å². The van der Waals surface area contributed by atoms with Crippen molar-refractivity contribution in [2.45, 2.75) is 38.9 Å². The van der Waals surface area contributed by atoms with Crippen LogP contribution >= 0.6 is 0 Å². The molecule has 0 unspecified atom stereocenters. The van der Waals surface area contributed by atoms with Crippen LogP contribution < -0.4 is 15.4 Å². The van der Waals surface area contributed by atoms with Gasteiger partial charge in [0.25, 0.3) is 0 Å². The molecule has 5 rings (SSSR count). The molecule has 2 aromatic rings. The summed E-state index contributed by atoms with van der Waals surface area (Å²) in [5.74, 6) is -1.35. The van der Waals surface area contributed by atoms with Gasteiger partial charge in [-0.05, 0) is 36.1 Å². The van der Waals surface area contributed by atoms with Gasteiger partial charge in [0, 0.05) is 17.3 Å². The second-order valence-electron chi connectivity index (χ2n) is 9.29. The molecule has 4 atom stereocenters. The van der Waals surface area contributed by atoms with Gasteiger partial charge in [0.1, 0.15) is 11.3 Å². The third-order valence-electron chi connectivity index (χ3n) is 7.20. The van der Waals surface area contributed by atoms with Crippen molar-refractivity contribution in [1.29, 1.82) is 0 Å². The summed E-state index contributed by atoms with van der Waals surface area (Å²) in [7, 11) is 1.59. The lowest BCUT2D eigenvalue weighted by Gasteiger charge is -2.30. The van der Waals surface area contributed by atoms with Crippen molar-refractivity contribution < 1.29 is 19.1 Å². The molecule has 3 heterocycles. The van der Waals surface area contributed by atoms with Gasteiger partial charge in [-0.2, -0.15) is 0 Å². The second-order valence-corrected chi connectivity index (χ2v) is 9.29. The quantitative estimate of drug-likeness (QED) is 0.724. The number of carbonyl (C=O) groups excluding carboxylic acids is 3. The SMILES string of the molecule is COc1ccc(CN2C(=O)[C@H]3[C@@H](C2=O)[C@]2(N[C@H]3C(C)C)C(=O)Nc3c(C)cccc32)cc1. The molecule has 3 amide bonds. The number of imide groups is 1. The molecular formula is C25H27N3O4. The van der Waals surface area contributed by atoms with Crippen molar-refractivity contribution in [2.75, 3.05) is 12.4 Å². The summed E-state index contributed by atoms with van der Waals surface area (Å²) >= 11 is 0. The van der Waals surface area contributed by atoms with Gasteiger partial charge in [-0.25, -0.2) is 0 Å². The Morgan fingerprint density at radius 3 is 2.44 bits per heavy atom. The van der Waals surface area contributed by atoms with Crippen LogP contribution in [-0.2, 0) is 26.5 Å². The number of nitrogens with zero attached hydrogens (tertiary/aromatic N) is 1. The summed E-state index contributed by atoms with van der Waals surface area (Å²) in [6.45, 7) is 6.14. The minimum atomic E-state index is -1.23. The Hall–Kier alpha value is -3.19. The van der Waals surface area contributed by atoms with Gasteiger partial charge in [-0.15, -0.1) is 0 Å². The van der Waals surface area contributed by atoms with Gasteiger partial charge in [0.15, 0.2) is 0 Å². The average Bonchev–Trinajstić information content (AvgIpc) is 3.36. The zero-order valence-electron chi connectivity index (χ0n) is 18.6. The summed E-state index contributed by atoms with van der Waals surface area (Å²) in [4.78, 5) is 42.1. The lowest BCUT2D eigenvalue weighted by atomic mass is 9.75. The van der Waals surface area contributed by atoms with Crippen LogP contribution in [0.1, 0.15) is 30.5 Å². The standard InChI is InChI=1S/C25H27N3O4/c1-13(2)20-18-19(25(27-20)17-7-5-6-14(3)21(17)26-24(25)31)23(30)28(22(18)29)12-15-8-10-16(32-4)11-9-15/h5-11,13,18-20,27H,12H2,1-4H3,(H,26,31)/t18-,19-,20-,25-/m0/s1. The normalized spacial score (nSPS) is 28.5. The highest BCUT2D eigenvalue weighted by Crippen LogP contribution is 2.54. The van der Waals surface area contributed by atoms with Crippen LogP contribution in [0.3, 0.4) is 0 Å². The number of hydrogen-bond acceptors (Lipinski definition) is 5. The van der Waals surface area contributed by atoms with E-state index in [2.05, 4.69) is 10.6 Å². The Bertz CT molecular complexity index is 1130. The van der Waals surface area contributed by atoms with Crippen molar-refractivity contribution in [2.24, 2.45) is 17.8 Å². The van der Waals surface area contributed by atoms with Gasteiger partial charge in [0.05, 0.1) is 25.5 Å². The fourth-order valence-electron chi connectivity index (χ4n) is 5.61. The van der Waals surface area contributed by atoms with Crippen molar-refractivity contribution in [3.63, 3.8) is 0 Å². The number of ether oxygens (including phenoxy) is 1. The molecule has 166 valence electrons. The van der Waals surface area contributed by atoms with Crippen molar-refractivity contribution >= 4 is 23.4 Å². The van der Waals surface area contributed by atoms with Crippen LogP contribution in [0.15, 0.2) is 42.5 Å². The molecule has 7 nitrogen and oxygen atoms in total. The van der Waals surface area contributed by atoms with Crippen LogP contribution in [0.25, 0.3) is 0 Å². The van der Waals surface area contributed by atoms with Gasteiger partial charge in [-0.3, -0.25) is 24.6 Å². The predicted octanol–water partition coefficient (Wildman–Crippen LogP) is 2.58. The largest absolute Gasteiger partial charge is 0.497 e. The van der Waals surface area contributed by atoms with Crippen LogP contribution in [0, 0.1) is 24.7 Å². The Balaban J connectivity index is 1.58. The Kier molecular flexibility index (Phi) is 4.64. The number of benzene rings is 2. The van der Waals surface area contributed by atoms with Crippen molar-refractivity contribution in [1.82, 2.24) is 10.2 Å². The number of likely N-dealkylation sites (tertiary alicyclic amines) is 1. The molecule has 2 saturated heterocycles. The summed E-state index contributed by atoms with van der Waals surface area (Å²) in [5, 5.41) is 6.45. The maximum absolute atomic E-state index is 13.8. The number of methoxy groups -OCH3 is 1. The third kappa shape index (κ3) is 2.67. The van der Waals surface area contributed by atoms with Gasteiger partial charge >= 0.3 is 0 Å². The van der Waals surface area contributed by atoms with Crippen molar-refractivity contribution in [3.8, 4) is 5.75 Å². The number of anilines is 1. The van der Waals surface area contributed by atoms with E-state index in [-0.39, 0.29) is 36.2 Å². The summed E-state index contributed by atoms with van der Waals surface area (Å²) in [6.07, 6.45) is 0. The van der Waals surface area contributed by atoms with E-state index in [0.29, 0.717) is 5.75 Å². The molecule has 0 radical (unpaired) electrons. The number of amides is 3. The first-order chi connectivity index (χ1) is 15.3. The van der Waals surface area contributed by atoms with E-state index in [1.807, 2.05) is 63.2 Å². The highest BCUT2D eigenvalue weighted by Gasteiger charge is 2.70. The van der Waals surface area contributed by atoms with E-state index in [9.17, 15) is 14.4 Å². The zero-order chi connectivity index (χ0) is 22.8. The lowest BCUT2D eigenvalue weighted by Crippen LogP contribution is -2.53. The topological polar surface area (TPSA) is 87.7 Å². The molecule has 3 aliphatic rings. The smallest absolute Gasteiger partial charge is 0.250 e. The Morgan fingerprint density at radius 2 is 1.78 bits per heavy atom. The number of hydrogen-bond donors (Lipinski definition) is 2. The maximum atomic E-state index is 13.8. The second kappa shape index (κ2) is 7.17. The molecule has 7 heteroatoms. The number of para-hydroxylation sites is 1. The number of carbonyl (C=O) groups is 3. The first-order valence-electron chi connectivity index (χ1n) is 11.0. The third-order valence-corrected chi connectivity index (χ3v) is 7.20. The molecule has 32 heavy (non-hydrogen) atoms. The van der Waals surface area contributed by atoms with E-state index in [0.717, 1.165) is 22.4 Å². The van der Waals surface area contributed by atoms with E-state index in [1.54, 1.807) is 7.11 Å². The fraction of sp³-hybridized carbons (Fsp3) is 0.400. The fourth-order valence-corrected chi connectivity index (χ4v) is 5.61. The molecular weight excluding hydrogens is 406 g/mol. The molecule has 0 saturated carbocycles. The molecule has 2 N–H and O–H groups in total. The van der Waals surface area contributed by atoms with Gasteiger partial charge in [-0.1, -0.05) is 44.2 Å². The minimum absolute atomic E-state index is 0.0706. The van der Waals surface area contributed by atoms with Crippen LogP contribution in [0.4, 0.5) is 5.69 Å². The summed E-state index contributed by atoms with van der Waals surface area (Å²) in [5.41, 5.74) is 2.03. The molecule has 2 fully saturated rings. The summed E-state index contributed by atoms with van der Waals surface area (Å²) < 4.78 is 5.20. The van der Waals surface area contributed by atoms with Crippen molar-refractivity contribution in [3.05, 3.63) is 59.2 Å². The van der Waals surface area contributed by atoms with E-state index >= 15 is 0 Å². The first-order valence-corrected chi connectivity index (χ1v) is 11.0. The number of aryl methyl sites for hydroxylation is 1. The molecule has 1 spiro atoms. The number of fused-ring (bicyclic) bond motifs is 4. The molecule has 2 aromatic carbocycles. The molecule has 0 aromatic heterocycles.